The van der Waals surface area contributed by atoms with E-state index in [9.17, 15) is 13.2 Å². The molecule has 1 aromatic carbocycles. The Kier molecular flexibility index (Phi) is 5.44. The van der Waals surface area contributed by atoms with Crippen molar-refractivity contribution in [2.24, 2.45) is 5.16 Å². The topological polar surface area (TPSA) is 83.3 Å². The second-order valence-corrected chi connectivity index (χ2v) is 4.52. The summed E-state index contributed by atoms with van der Waals surface area (Å²) >= 11 is 0. The zero-order chi connectivity index (χ0) is 17.0. The molecule has 0 amide bonds. The lowest BCUT2D eigenvalue weighted by Gasteiger charge is -2.17. The molecule has 1 atom stereocenters. The van der Waals surface area contributed by atoms with Crippen molar-refractivity contribution < 1.29 is 33.0 Å². The van der Waals surface area contributed by atoms with E-state index >= 15 is 0 Å². The van der Waals surface area contributed by atoms with Gasteiger partial charge in [-0.15, -0.1) is 6.42 Å². The number of terminal acetylenes is 1. The van der Waals surface area contributed by atoms with Crippen LogP contribution in [-0.4, -0.2) is 42.0 Å². The summed E-state index contributed by atoms with van der Waals surface area (Å²) in [4.78, 5) is 0. The normalized spacial score (nSPS) is 17.1. The lowest BCUT2D eigenvalue weighted by Crippen LogP contribution is -2.37. The third kappa shape index (κ3) is 3.39. The summed E-state index contributed by atoms with van der Waals surface area (Å²) in [6, 6.07) is -0.132. The first-order valence-electron chi connectivity index (χ1n) is 6.50. The average Bonchev–Trinajstić information content (AvgIpc) is 3.09. The molecule has 1 aliphatic heterocycles. The Labute approximate surface area is 129 Å². The van der Waals surface area contributed by atoms with Crippen LogP contribution in [0.2, 0.25) is 0 Å². The highest BCUT2D eigenvalue weighted by molar-refractivity contribution is 5.99. The van der Waals surface area contributed by atoms with Gasteiger partial charge >= 0.3 is 0 Å². The lowest BCUT2D eigenvalue weighted by molar-refractivity contribution is -0.0469. The molecule has 9 heteroatoms. The third-order valence-electron chi connectivity index (χ3n) is 3.10. The summed E-state index contributed by atoms with van der Waals surface area (Å²) in [5.41, 5.74) is -0.977. The van der Waals surface area contributed by atoms with Gasteiger partial charge in [-0.1, -0.05) is 11.1 Å². The SMILES string of the molecule is C#C[C@@H](CO)N/C(=N\O)c1cc(C2OCCO2)c(F)c(F)c1F. The number of ether oxygens (including phenoxy) is 2. The summed E-state index contributed by atoms with van der Waals surface area (Å²) in [5.74, 6) is -3.29. The smallest absolute Gasteiger partial charge is 0.195 e. The summed E-state index contributed by atoms with van der Waals surface area (Å²) < 4.78 is 51.8. The van der Waals surface area contributed by atoms with Crippen molar-refractivity contribution in [3.63, 3.8) is 0 Å². The molecule has 0 radical (unpaired) electrons. The molecule has 0 spiro atoms. The van der Waals surface area contributed by atoms with Crippen molar-refractivity contribution in [3.05, 3.63) is 34.6 Å². The fourth-order valence-corrected chi connectivity index (χ4v) is 1.97. The van der Waals surface area contributed by atoms with Crippen LogP contribution in [0.3, 0.4) is 0 Å². The Morgan fingerprint density at radius 2 is 2.00 bits per heavy atom. The van der Waals surface area contributed by atoms with Gasteiger partial charge in [0, 0.05) is 5.56 Å². The van der Waals surface area contributed by atoms with Crippen LogP contribution in [-0.2, 0) is 9.47 Å². The number of benzene rings is 1. The molecule has 1 heterocycles. The van der Waals surface area contributed by atoms with Crippen LogP contribution >= 0.6 is 0 Å². The van der Waals surface area contributed by atoms with Crippen molar-refractivity contribution >= 4 is 5.84 Å². The van der Waals surface area contributed by atoms with Gasteiger partial charge in [-0.3, -0.25) is 0 Å². The average molecular weight is 330 g/mol. The molecule has 0 aromatic heterocycles. The first-order chi connectivity index (χ1) is 11.0. The van der Waals surface area contributed by atoms with Crippen LogP contribution in [0.1, 0.15) is 17.4 Å². The quantitative estimate of drug-likeness (QED) is 0.191. The van der Waals surface area contributed by atoms with Gasteiger partial charge in [0.1, 0.15) is 6.04 Å². The molecule has 124 valence electrons. The molecule has 1 aromatic rings. The summed E-state index contributed by atoms with van der Waals surface area (Å²) in [7, 11) is 0. The second kappa shape index (κ2) is 7.32. The van der Waals surface area contributed by atoms with Gasteiger partial charge in [-0.2, -0.15) is 0 Å². The van der Waals surface area contributed by atoms with E-state index in [0.717, 1.165) is 6.07 Å². The number of hydrogen-bond acceptors (Lipinski definition) is 5. The highest BCUT2D eigenvalue weighted by Crippen LogP contribution is 2.30. The van der Waals surface area contributed by atoms with Crippen LogP contribution in [0, 0.1) is 29.8 Å². The molecule has 1 fully saturated rings. The van der Waals surface area contributed by atoms with E-state index in [4.69, 9.17) is 26.2 Å². The van der Waals surface area contributed by atoms with Crippen molar-refractivity contribution in [1.29, 1.82) is 0 Å². The molecule has 6 nitrogen and oxygen atoms in total. The van der Waals surface area contributed by atoms with Gasteiger partial charge in [-0.05, 0) is 6.07 Å². The van der Waals surface area contributed by atoms with E-state index in [1.165, 1.54) is 0 Å². The molecule has 0 unspecified atom stereocenters. The highest BCUT2D eigenvalue weighted by Gasteiger charge is 2.29. The van der Waals surface area contributed by atoms with E-state index < -0.39 is 47.8 Å². The fourth-order valence-electron chi connectivity index (χ4n) is 1.97. The van der Waals surface area contributed by atoms with Crippen LogP contribution in [0.15, 0.2) is 11.2 Å². The zero-order valence-corrected chi connectivity index (χ0v) is 11.7. The van der Waals surface area contributed by atoms with Crippen LogP contribution in [0.5, 0.6) is 0 Å². The number of amidine groups is 1. The van der Waals surface area contributed by atoms with Gasteiger partial charge in [0.15, 0.2) is 29.6 Å². The Balaban J connectivity index is 2.46. The first kappa shape index (κ1) is 17.1. The fraction of sp³-hybridized carbons (Fsp3) is 0.357. The van der Waals surface area contributed by atoms with E-state index in [0.29, 0.717) is 0 Å². The zero-order valence-electron chi connectivity index (χ0n) is 11.7. The number of rotatable bonds is 4. The number of oxime groups is 1. The molecule has 23 heavy (non-hydrogen) atoms. The maximum Gasteiger partial charge on any atom is 0.195 e. The van der Waals surface area contributed by atoms with Gasteiger partial charge in [0.2, 0.25) is 0 Å². The molecular weight excluding hydrogens is 317 g/mol. The molecule has 0 saturated carbocycles. The van der Waals surface area contributed by atoms with Gasteiger partial charge in [0.05, 0.1) is 25.4 Å². The summed E-state index contributed by atoms with van der Waals surface area (Å²) in [6.45, 7) is -0.217. The molecule has 1 aliphatic rings. The predicted octanol–water partition coefficient (Wildman–Crippen LogP) is 0.869. The van der Waals surface area contributed by atoms with E-state index in [2.05, 4.69) is 16.4 Å². The number of aliphatic hydroxyl groups excluding tert-OH is 1. The number of aliphatic hydroxyl groups is 1. The summed E-state index contributed by atoms with van der Waals surface area (Å²) in [6.07, 6.45) is 3.91. The molecular formula is C14H13F3N2O4. The van der Waals surface area contributed by atoms with Gasteiger partial charge < -0.3 is 25.1 Å². The maximum absolute atomic E-state index is 14.0. The van der Waals surface area contributed by atoms with Crippen LogP contribution in [0.25, 0.3) is 0 Å². The molecule has 0 bridgehead atoms. The van der Waals surface area contributed by atoms with Crippen LogP contribution in [0.4, 0.5) is 13.2 Å². The Bertz CT molecular complexity index is 654. The first-order valence-corrected chi connectivity index (χ1v) is 6.50. The summed E-state index contributed by atoms with van der Waals surface area (Å²) in [5, 5.41) is 23.1. The molecule has 2 rings (SSSR count). The van der Waals surface area contributed by atoms with E-state index in [1.54, 1.807) is 0 Å². The number of hydrogen-bond donors (Lipinski definition) is 3. The van der Waals surface area contributed by atoms with Crippen molar-refractivity contribution in [1.82, 2.24) is 5.32 Å². The van der Waals surface area contributed by atoms with Crippen molar-refractivity contribution in [2.75, 3.05) is 19.8 Å². The number of nitrogens with zero attached hydrogens (tertiary/aromatic N) is 1. The Hall–Kier alpha value is -2.28. The van der Waals surface area contributed by atoms with Gasteiger partial charge in [0.25, 0.3) is 0 Å². The monoisotopic (exact) mass is 330 g/mol. The lowest BCUT2D eigenvalue weighted by atomic mass is 10.1. The predicted molar refractivity (Wildman–Crippen MR) is 72.1 cm³/mol. The van der Waals surface area contributed by atoms with Gasteiger partial charge in [-0.25, -0.2) is 13.2 Å². The third-order valence-corrected chi connectivity index (χ3v) is 3.10. The molecule has 3 N–H and O–H groups in total. The maximum atomic E-state index is 14.0. The second-order valence-electron chi connectivity index (χ2n) is 4.52. The molecule has 0 aliphatic carbocycles. The van der Waals surface area contributed by atoms with E-state index in [-0.39, 0.29) is 18.8 Å². The minimum Gasteiger partial charge on any atom is -0.409 e. The van der Waals surface area contributed by atoms with E-state index in [1.807, 2.05) is 0 Å². The molecule has 1 saturated heterocycles. The standard InChI is InChI=1S/C14H13F3N2O4/c1-2-7(6-20)18-13(19-21)8-5-9(14-22-3-4-23-14)11(16)12(17)10(8)15/h1,5,7,14,20-21H,3-4,6H2,(H,18,19)/t7-/m0/s1. The minimum absolute atomic E-state index is 0.168. The highest BCUT2D eigenvalue weighted by atomic mass is 19.2. The van der Waals surface area contributed by atoms with Crippen molar-refractivity contribution in [2.45, 2.75) is 12.3 Å². The largest absolute Gasteiger partial charge is 0.409 e. The number of nitrogens with one attached hydrogen (secondary N) is 1. The Morgan fingerprint density at radius 3 is 2.52 bits per heavy atom. The van der Waals surface area contributed by atoms with Crippen LogP contribution < -0.4 is 5.32 Å². The van der Waals surface area contributed by atoms with Crippen molar-refractivity contribution in [3.8, 4) is 12.3 Å². The minimum atomic E-state index is -1.78. The number of halogens is 3. The Morgan fingerprint density at radius 1 is 1.35 bits per heavy atom.